The van der Waals surface area contributed by atoms with Crippen molar-refractivity contribution in [2.45, 2.75) is 6.61 Å². The van der Waals surface area contributed by atoms with E-state index in [9.17, 15) is 9.18 Å². The number of rotatable bonds is 7. The molecule has 0 saturated heterocycles. The van der Waals surface area contributed by atoms with Crippen LogP contribution in [0.4, 0.5) is 4.39 Å². The lowest BCUT2D eigenvalue weighted by atomic mass is 10.0. The lowest BCUT2D eigenvalue weighted by Crippen LogP contribution is -2.08. The molecule has 0 spiro atoms. The lowest BCUT2D eigenvalue weighted by Gasteiger charge is -2.13. The number of halogens is 1. The van der Waals surface area contributed by atoms with Crippen LogP contribution >= 0.6 is 0 Å². The molecule has 0 fully saturated rings. The first kappa shape index (κ1) is 18.3. The largest absolute Gasteiger partial charge is 0.503 e. The van der Waals surface area contributed by atoms with Crippen LogP contribution in [-0.4, -0.2) is 20.2 Å². The van der Waals surface area contributed by atoms with E-state index < -0.39 is 11.8 Å². The summed E-state index contributed by atoms with van der Waals surface area (Å²) in [5.41, 5.74) is 2.05. The van der Waals surface area contributed by atoms with Crippen LogP contribution in [0.15, 0.2) is 55.3 Å². The minimum Gasteiger partial charge on any atom is -0.503 e. The van der Waals surface area contributed by atoms with E-state index in [0.717, 1.165) is 5.56 Å². The first-order chi connectivity index (χ1) is 12.1. The van der Waals surface area contributed by atoms with Crippen LogP contribution in [0.3, 0.4) is 0 Å². The third kappa shape index (κ3) is 4.47. The van der Waals surface area contributed by atoms with Gasteiger partial charge in [-0.3, -0.25) is 0 Å². The van der Waals surface area contributed by atoms with Crippen molar-refractivity contribution >= 4 is 17.6 Å². The Bertz CT molecular complexity index is 796. The summed E-state index contributed by atoms with van der Waals surface area (Å²) in [7, 11) is 2.75. The number of carbonyl (C=O) groups is 1. The molecule has 0 saturated carbocycles. The molecule has 0 unspecified atom stereocenters. The van der Waals surface area contributed by atoms with Gasteiger partial charge in [0.1, 0.15) is 23.7 Å². The molecular formula is C20H19FO4. The summed E-state index contributed by atoms with van der Waals surface area (Å²) in [6.07, 6.45) is 2.76. The number of hydrogen-bond donors (Lipinski definition) is 0. The highest BCUT2D eigenvalue weighted by molar-refractivity contribution is 6.16. The molecule has 0 aliphatic rings. The number of hydrogen-bond acceptors (Lipinski definition) is 4. The van der Waals surface area contributed by atoms with E-state index in [1.165, 1.54) is 32.6 Å². The van der Waals surface area contributed by atoms with Crippen molar-refractivity contribution in [1.82, 2.24) is 0 Å². The number of benzene rings is 2. The van der Waals surface area contributed by atoms with Crippen LogP contribution < -0.4 is 4.74 Å². The first-order valence-electron chi connectivity index (χ1n) is 7.55. The maximum atomic E-state index is 13.8. The summed E-state index contributed by atoms with van der Waals surface area (Å²) in [4.78, 5) is 12.0. The van der Waals surface area contributed by atoms with Gasteiger partial charge in [0, 0.05) is 11.6 Å². The van der Waals surface area contributed by atoms with Gasteiger partial charge < -0.3 is 14.2 Å². The highest BCUT2D eigenvalue weighted by atomic mass is 19.1. The zero-order chi connectivity index (χ0) is 18.2. The smallest absolute Gasteiger partial charge is 0.341 e. The van der Waals surface area contributed by atoms with E-state index in [1.807, 2.05) is 12.1 Å². The molecule has 0 radical (unpaired) electrons. The van der Waals surface area contributed by atoms with Crippen LogP contribution in [0, 0.1) is 5.82 Å². The van der Waals surface area contributed by atoms with Crippen LogP contribution in [0.25, 0.3) is 11.6 Å². The van der Waals surface area contributed by atoms with Crippen molar-refractivity contribution in [2.75, 3.05) is 14.2 Å². The van der Waals surface area contributed by atoms with Crippen molar-refractivity contribution in [3.8, 4) is 5.75 Å². The van der Waals surface area contributed by atoms with Gasteiger partial charge in [-0.2, -0.15) is 0 Å². The maximum absolute atomic E-state index is 13.8. The molecule has 0 atom stereocenters. The van der Waals surface area contributed by atoms with Gasteiger partial charge in [-0.1, -0.05) is 36.9 Å². The Morgan fingerprint density at radius 2 is 1.96 bits per heavy atom. The Balaban J connectivity index is 2.26. The molecule has 2 aromatic rings. The number of methoxy groups -OCH3 is 2. The lowest BCUT2D eigenvalue weighted by molar-refractivity contribution is -0.133. The fraction of sp³-hybridized carbons (Fsp3) is 0.150. The predicted octanol–water partition coefficient (Wildman–Crippen LogP) is 4.21. The second kappa shape index (κ2) is 8.68. The van der Waals surface area contributed by atoms with E-state index in [1.54, 1.807) is 24.3 Å². The van der Waals surface area contributed by atoms with Crippen LogP contribution in [0.1, 0.15) is 16.7 Å². The first-order valence-corrected chi connectivity index (χ1v) is 7.55. The third-order valence-corrected chi connectivity index (χ3v) is 3.53. The van der Waals surface area contributed by atoms with Gasteiger partial charge in [0.25, 0.3) is 0 Å². The van der Waals surface area contributed by atoms with Gasteiger partial charge in [-0.05, 0) is 23.3 Å². The third-order valence-electron chi connectivity index (χ3n) is 3.53. The Morgan fingerprint density at radius 3 is 2.60 bits per heavy atom. The summed E-state index contributed by atoms with van der Waals surface area (Å²) >= 11 is 0. The average molecular weight is 342 g/mol. The van der Waals surface area contributed by atoms with Crippen LogP contribution in [0.2, 0.25) is 0 Å². The number of carbonyl (C=O) groups excluding carboxylic acids is 1. The Kier molecular flexibility index (Phi) is 6.34. The molecular weight excluding hydrogens is 323 g/mol. The molecule has 2 aromatic carbocycles. The minimum atomic E-state index is -0.518. The van der Waals surface area contributed by atoms with Gasteiger partial charge in [0.2, 0.25) is 0 Å². The van der Waals surface area contributed by atoms with Crippen LogP contribution in [0.5, 0.6) is 5.75 Å². The van der Waals surface area contributed by atoms with Gasteiger partial charge >= 0.3 is 5.97 Å². The molecule has 130 valence electrons. The standard InChI is InChI=1S/C20H19FO4/c1-4-14-9-10-16(11-19(14)21)25-12-15-7-5-6-8-17(15)18(13-23-2)20(22)24-3/h4-11,13H,1,12H2,2-3H3/b18-13+. The average Bonchev–Trinajstić information content (AvgIpc) is 2.64. The van der Waals surface area contributed by atoms with Gasteiger partial charge in [-0.15, -0.1) is 0 Å². The quantitative estimate of drug-likeness (QED) is 0.430. The van der Waals surface area contributed by atoms with E-state index in [2.05, 4.69) is 6.58 Å². The van der Waals surface area contributed by atoms with Crippen molar-refractivity contribution < 1.29 is 23.4 Å². The minimum absolute atomic E-state index is 0.154. The molecule has 0 amide bonds. The molecule has 2 rings (SSSR count). The molecule has 0 bridgehead atoms. The van der Waals surface area contributed by atoms with Gasteiger partial charge in [0.15, 0.2) is 0 Å². The summed E-state index contributed by atoms with van der Waals surface area (Å²) < 4.78 is 29.2. The van der Waals surface area contributed by atoms with Crippen molar-refractivity contribution in [3.63, 3.8) is 0 Å². The fourth-order valence-corrected chi connectivity index (χ4v) is 2.28. The Labute approximate surface area is 146 Å². The van der Waals surface area contributed by atoms with E-state index in [0.29, 0.717) is 16.9 Å². The maximum Gasteiger partial charge on any atom is 0.341 e. The molecule has 0 aromatic heterocycles. The molecule has 0 aliphatic carbocycles. The molecule has 25 heavy (non-hydrogen) atoms. The van der Waals surface area contributed by atoms with Crippen molar-refractivity contribution in [1.29, 1.82) is 0 Å². The summed E-state index contributed by atoms with van der Waals surface area (Å²) in [6, 6.07) is 11.8. The molecule has 0 heterocycles. The highest BCUT2D eigenvalue weighted by Gasteiger charge is 2.17. The molecule has 5 heteroatoms. The van der Waals surface area contributed by atoms with Gasteiger partial charge in [0.05, 0.1) is 20.5 Å². The normalized spacial score (nSPS) is 10.9. The van der Waals surface area contributed by atoms with Crippen molar-refractivity contribution in [3.05, 3.63) is 77.8 Å². The SMILES string of the molecule is C=Cc1ccc(OCc2ccccc2/C(=C\OC)C(=O)OC)cc1F. The molecule has 4 nitrogen and oxygen atoms in total. The van der Waals surface area contributed by atoms with E-state index >= 15 is 0 Å². The Morgan fingerprint density at radius 1 is 1.20 bits per heavy atom. The molecule has 0 aliphatic heterocycles. The zero-order valence-corrected chi connectivity index (χ0v) is 14.1. The zero-order valence-electron chi connectivity index (χ0n) is 14.1. The number of ether oxygens (including phenoxy) is 3. The second-order valence-electron chi connectivity index (χ2n) is 5.09. The summed E-state index contributed by atoms with van der Waals surface area (Å²) in [5, 5.41) is 0. The second-order valence-corrected chi connectivity index (χ2v) is 5.09. The summed E-state index contributed by atoms with van der Waals surface area (Å²) in [6.45, 7) is 3.70. The van der Waals surface area contributed by atoms with Crippen LogP contribution in [-0.2, 0) is 20.9 Å². The number of esters is 1. The van der Waals surface area contributed by atoms with E-state index in [4.69, 9.17) is 14.2 Å². The van der Waals surface area contributed by atoms with E-state index in [-0.39, 0.29) is 12.2 Å². The van der Waals surface area contributed by atoms with Crippen molar-refractivity contribution in [2.24, 2.45) is 0 Å². The van der Waals surface area contributed by atoms with Gasteiger partial charge in [-0.25, -0.2) is 9.18 Å². The molecule has 0 N–H and O–H groups in total. The monoisotopic (exact) mass is 342 g/mol. The topological polar surface area (TPSA) is 44.8 Å². The summed E-state index contributed by atoms with van der Waals surface area (Å²) in [5.74, 6) is -0.542. The fourth-order valence-electron chi connectivity index (χ4n) is 2.28. The predicted molar refractivity (Wildman–Crippen MR) is 94.3 cm³/mol. The Hall–Kier alpha value is -3.08. The highest BCUT2D eigenvalue weighted by Crippen LogP contribution is 2.24.